The van der Waals surface area contributed by atoms with Gasteiger partial charge in [0.2, 0.25) is 17.7 Å². The van der Waals surface area contributed by atoms with E-state index >= 15 is 0 Å². The highest BCUT2D eigenvalue weighted by molar-refractivity contribution is 5.95. The summed E-state index contributed by atoms with van der Waals surface area (Å²) in [4.78, 5) is 54.1. The monoisotopic (exact) mass is 564 g/mol. The number of nitrogens with two attached hydrogens (primary N) is 1. The molecule has 0 spiro atoms. The number of amides is 3. The molecule has 2 aliphatic rings. The van der Waals surface area contributed by atoms with Crippen LogP contribution in [0.5, 0.6) is 0 Å². The van der Waals surface area contributed by atoms with Crippen molar-refractivity contribution in [2.45, 2.75) is 70.8 Å². The van der Waals surface area contributed by atoms with Crippen molar-refractivity contribution in [3.05, 3.63) is 76.6 Å². The summed E-state index contributed by atoms with van der Waals surface area (Å²) in [5.74, 6) is -2.05. The molecule has 4 atom stereocenters. The minimum Gasteiger partial charge on any atom is -0.366 e. The van der Waals surface area contributed by atoms with Crippen LogP contribution in [0.25, 0.3) is 5.57 Å². The van der Waals surface area contributed by atoms with Crippen molar-refractivity contribution in [3.63, 3.8) is 0 Å². The summed E-state index contributed by atoms with van der Waals surface area (Å²) in [5.41, 5.74) is 10.0. The molecule has 0 unspecified atom stereocenters. The van der Waals surface area contributed by atoms with Gasteiger partial charge in [-0.3, -0.25) is 19.2 Å². The van der Waals surface area contributed by atoms with Gasteiger partial charge in [-0.25, -0.2) is 4.39 Å². The van der Waals surface area contributed by atoms with Gasteiger partial charge in [-0.05, 0) is 73.6 Å². The van der Waals surface area contributed by atoms with Gasteiger partial charge in [-0.15, -0.1) is 0 Å². The fraction of sp³-hybridized carbons (Fsp3) is 0.419. The van der Waals surface area contributed by atoms with Crippen molar-refractivity contribution in [2.24, 2.45) is 5.73 Å². The maximum atomic E-state index is 14.2. The Morgan fingerprint density at radius 1 is 1.17 bits per heavy atom. The molecule has 4 rings (SSSR count). The highest BCUT2D eigenvalue weighted by Gasteiger charge is 2.43. The van der Waals surface area contributed by atoms with E-state index < -0.39 is 41.9 Å². The summed E-state index contributed by atoms with van der Waals surface area (Å²) in [5, 5.41) is 5.63. The zero-order valence-corrected chi connectivity index (χ0v) is 23.6. The molecular weight excluding hydrogens is 527 g/mol. The first-order chi connectivity index (χ1) is 19.6. The van der Waals surface area contributed by atoms with Gasteiger partial charge in [-0.2, -0.15) is 0 Å². The van der Waals surface area contributed by atoms with Crippen molar-refractivity contribution >= 4 is 29.1 Å². The number of ether oxygens (including phenoxy) is 1. The number of hydrogen-bond acceptors (Lipinski definition) is 6. The van der Waals surface area contributed by atoms with Gasteiger partial charge in [0, 0.05) is 19.5 Å². The van der Waals surface area contributed by atoms with E-state index in [1.807, 2.05) is 31.2 Å². The Kier molecular flexibility index (Phi) is 9.67. The third-order valence-electron chi connectivity index (χ3n) is 7.68. The molecule has 41 heavy (non-hydrogen) atoms. The first-order valence-electron chi connectivity index (χ1n) is 13.8. The third-order valence-corrected chi connectivity index (χ3v) is 7.68. The van der Waals surface area contributed by atoms with Gasteiger partial charge in [0.25, 0.3) is 0 Å². The second kappa shape index (κ2) is 13.2. The van der Waals surface area contributed by atoms with Gasteiger partial charge >= 0.3 is 0 Å². The number of allylic oxidation sites excluding steroid dienone is 1. The largest absolute Gasteiger partial charge is 0.366 e. The second-order valence-electron chi connectivity index (χ2n) is 10.7. The maximum absolute atomic E-state index is 14.2. The highest BCUT2D eigenvalue weighted by Crippen LogP contribution is 2.28. The Hall–Kier alpha value is -3.89. The average molecular weight is 565 g/mol. The molecule has 2 aromatic rings. The predicted octanol–water partition coefficient (Wildman–Crippen LogP) is 2.19. The number of aryl methyl sites for hydroxylation is 1. The number of nitrogens with one attached hydrogen (secondary N) is 2. The van der Waals surface area contributed by atoms with E-state index in [1.54, 1.807) is 19.1 Å². The Morgan fingerprint density at radius 2 is 1.93 bits per heavy atom. The molecule has 2 heterocycles. The molecule has 0 saturated carbocycles. The predicted molar refractivity (Wildman–Crippen MR) is 152 cm³/mol. The van der Waals surface area contributed by atoms with Crippen molar-refractivity contribution < 1.29 is 28.3 Å². The number of benzene rings is 2. The van der Waals surface area contributed by atoms with Gasteiger partial charge in [-0.1, -0.05) is 36.4 Å². The molecule has 10 heteroatoms. The van der Waals surface area contributed by atoms with Crippen LogP contribution in [0.15, 0.2) is 48.5 Å². The number of nitrogens with zero attached hydrogens (tertiary/aromatic N) is 1. The van der Waals surface area contributed by atoms with Gasteiger partial charge < -0.3 is 26.0 Å². The Labute approximate surface area is 239 Å². The molecule has 1 fully saturated rings. The minimum atomic E-state index is -1.08. The summed E-state index contributed by atoms with van der Waals surface area (Å²) in [6.45, 7) is 5.21. The van der Waals surface area contributed by atoms with Crippen molar-refractivity contribution in [1.82, 2.24) is 15.5 Å². The van der Waals surface area contributed by atoms with Crippen molar-refractivity contribution in [2.75, 3.05) is 13.2 Å². The van der Waals surface area contributed by atoms with Gasteiger partial charge in [0.15, 0.2) is 5.78 Å². The summed E-state index contributed by atoms with van der Waals surface area (Å²) in [7, 11) is 0. The fourth-order valence-electron chi connectivity index (χ4n) is 5.54. The van der Waals surface area contributed by atoms with E-state index in [9.17, 15) is 23.6 Å². The number of ketones is 1. The molecule has 0 aromatic heterocycles. The lowest BCUT2D eigenvalue weighted by Crippen LogP contribution is -2.56. The Morgan fingerprint density at radius 3 is 2.66 bits per heavy atom. The summed E-state index contributed by atoms with van der Waals surface area (Å²) in [6.07, 6.45) is 1.73. The van der Waals surface area contributed by atoms with Crippen LogP contribution < -0.4 is 16.4 Å². The number of Topliss-reactive ketones (excluding diaryl/α,β-unsaturated/α-hetero) is 1. The molecule has 0 aliphatic carbocycles. The molecule has 1 saturated heterocycles. The van der Waals surface area contributed by atoms with Crippen LogP contribution in [0.1, 0.15) is 48.9 Å². The maximum Gasteiger partial charge on any atom is 0.246 e. The lowest BCUT2D eigenvalue weighted by molar-refractivity contribution is -0.143. The van der Waals surface area contributed by atoms with Crippen LogP contribution in [0.4, 0.5) is 4.39 Å². The molecule has 218 valence electrons. The SMILES string of the molecule is C/C=C(/C[C@@H]1NC(=O)[C@@H](N)Cc2cccc(c2)CNC(=O)CO[C@H]2CCN(C1=O)[C@H]2C(C)=O)c1cc(F)ccc1C. The molecule has 4 bridgehead atoms. The molecule has 3 amide bonds. The number of carbonyl (C=O) groups excluding carboxylic acids is 4. The summed E-state index contributed by atoms with van der Waals surface area (Å²) < 4.78 is 20.0. The number of halogens is 1. The van der Waals surface area contributed by atoms with Crippen molar-refractivity contribution in [1.29, 1.82) is 0 Å². The van der Waals surface area contributed by atoms with Crippen LogP contribution in [0.3, 0.4) is 0 Å². The van der Waals surface area contributed by atoms with Crippen LogP contribution in [-0.2, 0) is 36.9 Å². The Bertz CT molecular complexity index is 1360. The quantitative estimate of drug-likeness (QED) is 0.522. The highest BCUT2D eigenvalue weighted by atomic mass is 19.1. The van der Waals surface area contributed by atoms with Crippen LogP contribution in [0, 0.1) is 12.7 Å². The first kappa shape index (κ1) is 30.1. The van der Waals surface area contributed by atoms with E-state index in [0.29, 0.717) is 17.6 Å². The fourth-order valence-corrected chi connectivity index (χ4v) is 5.54. The molecule has 4 N–H and O–H groups in total. The van der Waals surface area contributed by atoms with E-state index in [-0.39, 0.29) is 44.2 Å². The zero-order chi connectivity index (χ0) is 29.7. The summed E-state index contributed by atoms with van der Waals surface area (Å²) >= 11 is 0. The van der Waals surface area contributed by atoms with Gasteiger partial charge in [0.1, 0.15) is 24.5 Å². The van der Waals surface area contributed by atoms with Gasteiger partial charge in [0.05, 0.1) is 12.1 Å². The van der Waals surface area contributed by atoms with Crippen LogP contribution in [0.2, 0.25) is 0 Å². The zero-order valence-electron chi connectivity index (χ0n) is 23.6. The van der Waals surface area contributed by atoms with E-state index in [0.717, 1.165) is 16.7 Å². The smallest absolute Gasteiger partial charge is 0.246 e. The average Bonchev–Trinajstić information content (AvgIpc) is 3.38. The van der Waals surface area contributed by atoms with E-state index in [1.165, 1.54) is 24.0 Å². The lowest BCUT2D eigenvalue weighted by atomic mass is 9.93. The minimum absolute atomic E-state index is 0.0582. The Balaban J connectivity index is 1.70. The van der Waals surface area contributed by atoms with E-state index in [2.05, 4.69) is 10.6 Å². The normalized spacial score (nSPS) is 24.5. The number of fused-ring (bicyclic) bond motifs is 4. The third kappa shape index (κ3) is 7.25. The number of hydrogen-bond donors (Lipinski definition) is 3. The number of carbonyl (C=O) groups is 4. The summed E-state index contributed by atoms with van der Waals surface area (Å²) in [6, 6.07) is 8.84. The topological polar surface area (TPSA) is 131 Å². The molecule has 2 aromatic carbocycles. The second-order valence-corrected chi connectivity index (χ2v) is 10.7. The first-order valence-corrected chi connectivity index (χ1v) is 13.8. The van der Waals surface area contributed by atoms with Crippen LogP contribution >= 0.6 is 0 Å². The lowest BCUT2D eigenvalue weighted by Gasteiger charge is -2.31. The molecule has 9 nitrogen and oxygen atoms in total. The molecule has 0 radical (unpaired) electrons. The van der Waals surface area contributed by atoms with Crippen molar-refractivity contribution in [3.8, 4) is 0 Å². The molecule has 2 aliphatic heterocycles. The number of rotatable bonds is 4. The van der Waals surface area contributed by atoms with E-state index in [4.69, 9.17) is 10.5 Å². The standard InChI is InChI=1S/C31H37FN4O5/c1-4-22(24-15-23(32)9-8-18(24)2)14-26-31(40)36-11-10-27(29(36)19(3)37)41-17-28(38)34-16-21-7-5-6-20(12-21)13-25(33)30(39)35-26/h4-9,12,15,25-27,29H,10-11,13-14,16-17,33H2,1-3H3,(H,34,38)(H,35,39)/b22-4-/t25-,26-,27-,29-/m0/s1. The molecular formula is C31H37FN4O5. The van der Waals surface area contributed by atoms with Crippen LogP contribution in [-0.4, -0.2) is 65.8 Å².